The van der Waals surface area contributed by atoms with Crippen LogP contribution in [-0.2, 0) is 13.2 Å². The molecule has 0 atom stereocenters. The molecule has 0 fully saturated rings. The fraction of sp³-hybridized carbons (Fsp3) is 0.333. The van der Waals surface area contributed by atoms with Gasteiger partial charge in [0.05, 0.1) is 11.6 Å². The van der Waals surface area contributed by atoms with E-state index in [0.29, 0.717) is 34.2 Å². The van der Waals surface area contributed by atoms with Crippen LogP contribution in [0.15, 0.2) is 34.8 Å². The third kappa shape index (κ3) is 5.28. The Balaban J connectivity index is 2.17. The lowest BCUT2D eigenvalue weighted by atomic mass is 10.2. The Hall–Kier alpha value is -0.940. The molecular formula is C18H20BrCl2NO2. The summed E-state index contributed by atoms with van der Waals surface area (Å²) in [4.78, 5) is 0. The molecule has 0 aliphatic carbocycles. The van der Waals surface area contributed by atoms with Crippen molar-refractivity contribution in [3.8, 4) is 11.5 Å². The van der Waals surface area contributed by atoms with E-state index in [1.54, 1.807) is 19.2 Å². The summed E-state index contributed by atoms with van der Waals surface area (Å²) in [5.74, 6) is 1.33. The molecule has 130 valence electrons. The summed E-state index contributed by atoms with van der Waals surface area (Å²) in [6.45, 7) is 5.31. The van der Waals surface area contributed by atoms with E-state index in [1.165, 1.54) is 0 Å². The van der Waals surface area contributed by atoms with Gasteiger partial charge in [0, 0.05) is 28.2 Å². The van der Waals surface area contributed by atoms with Crippen molar-refractivity contribution in [3.63, 3.8) is 0 Å². The predicted molar refractivity (Wildman–Crippen MR) is 103 cm³/mol. The molecule has 0 radical (unpaired) electrons. The zero-order valence-electron chi connectivity index (χ0n) is 13.8. The number of hydrogen-bond donors (Lipinski definition) is 1. The van der Waals surface area contributed by atoms with Crippen molar-refractivity contribution in [1.29, 1.82) is 0 Å². The molecule has 0 saturated heterocycles. The highest BCUT2D eigenvalue weighted by Gasteiger charge is 2.13. The topological polar surface area (TPSA) is 30.5 Å². The fourth-order valence-electron chi connectivity index (χ4n) is 2.13. The van der Waals surface area contributed by atoms with Gasteiger partial charge in [-0.15, -0.1) is 0 Å². The summed E-state index contributed by atoms with van der Waals surface area (Å²) in [5.41, 5.74) is 1.98. The number of rotatable bonds is 7. The fourth-order valence-corrected chi connectivity index (χ4v) is 3.19. The monoisotopic (exact) mass is 431 g/mol. The first-order chi connectivity index (χ1) is 11.4. The van der Waals surface area contributed by atoms with E-state index in [0.717, 1.165) is 22.1 Å². The number of halogens is 3. The van der Waals surface area contributed by atoms with Gasteiger partial charge in [0.15, 0.2) is 11.5 Å². The van der Waals surface area contributed by atoms with Crippen LogP contribution < -0.4 is 14.8 Å². The van der Waals surface area contributed by atoms with Crippen molar-refractivity contribution < 1.29 is 9.47 Å². The molecule has 1 N–H and O–H groups in total. The minimum Gasteiger partial charge on any atom is -0.493 e. The largest absolute Gasteiger partial charge is 0.493 e. The van der Waals surface area contributed by atoms with Crippen LogP contribution in [0.4, 0.5) is 0 Å². The molecule has 2 rings (SSSR count). The lowest BCUT2D eigenvalue weighted by molar-refractivity contribution is 0.282. The van der Waals surface area contributed by atoms with Gasteiger partial charge in [-0.25, -0.2) is 0 Å². The number of nitrogens with one attached hydrogen (secondary N) is 1. The number of methoxy groups -OCH3 is 1. The van der Waals surface area contributed by atoms with Gasteiger partial charge in [-0.2, -0.15) is 0 Å². The van der Waals surface area contributed by atoms with E-state index >= 15 is 0 Å². The molecule has 6 heteroatoms. The Bertz CT molecular complexity index is 708. The average Bonchev–Trinajstić information content (AvgIpc) is 2.52. The van der Waals surface area contributed by atoms with Crippen molar-refractivity contribution in [3.05, 3.63) is 56.0 Å². The van der Waals surface area contributed by atoms with Gasteiger partial charge < -0.3 is 14.8 Å². The smallest absolute Gasteiger partial charge is 0.175 e. The predicted octanol–water partition coefficient (Wildman–Crippen LogP) is 5.84. The highest BCUT2D eigenvalue weighted by molar-refractivity contribution is 9.10. The minimum atomic E-state index is 0.328. The lowest BCUT2D eigenvalue weighted by Gasteiger charge is -2.16. The van der Waals surface area contributed by atoms with Crippen molar-refractivity contribution in [1.82, 2.24) is 5.32 Å². The zero-order valence-corrected chi connectivity index (χ0v) is 16.9. The van der Waals surface area contributed by atoms with Gasteiger partial charge in [-0.3, -0.25) is 0 Å². The molecular weight excluding hydrogens is 413 g/mol. The maximum atomic E-state index is 6.19. The average molecular weight is 433 g/mol. The van der Waals surface area contributed by atoms with Crippen LogP contribution in [0.1, 0.15) is 25.0 Å². The van der Waals surface area contributed by atoms with Crippen molar-refractivity contribution in [2.45, 2.75) is 33.0 Å². The van der Waals surface area contributed by atoms with E-state index in [9.17, 15) is 0 Å². The Kier molecular flexibility index (Phi) is 7.23. The third-order valence-electron chi connectivity index (χ3n) is 3.39. The molecule has 2 aromatic carbocycles. The Morgan fingerprint density at radius 2 is 1.92 bits per heavy atom. The molecule has 0 aliphatic rings. The Morgan fingerprint density at radius 1 is 1.17 bits per heavy atom. The van der Waals surface area contributed by atoms with Crippen LogP contribution in [0, 0.1) is 0 Å². The van der Waals surface area contributed by atoms with Gasteiger partial charge in [-0.05, 0) is 45.8 Å². The second-order valence-corrected chi connectivity index (χ2v) is 7.37. The van der Waals surface area contributed by atoms with Crippen LogP contribution in [0.5, 0.6) is 11.5 Å². The van der Waals surface area contributed by atoms with Gasteiger partial charge >= 0.3 is 0 Å². The second kappa shape index (κ2) is 8.95. The summed E-state index contributed by atoms with van der Waals surface area (Å²) in [6, 6.07) is 9.76. The first-order valence-electron chi connectivity index (χ1n) is 7.57. The van der Waals surface area contributed by atoms with Crippen molar-refractivity contribution >= 4 is 39.1 Å². The van der Waals surface area contributed by atoms with Crippen LogP contribution in [0.25, 0.3) is 0 Å². The summed E-state index contributed by atoms with van der Waals surface area (Å²) in [5, 5.41) is 4.56. The van der Waals surface area contributed by atoms with E-state index in [1.807, 2.05) is 18.2 Å². The Morgan fingerprint density at radius 3 is 2.54 bits per heavy atom. The molecule has 2 aromatic rings. The van der Waals surface area contributed by atoms with Crippen LogP contribution in [0.2, 0.25) is 10.0 Å². The van der Waals surface area contributed by atoms with Crippen molar-refractivity contribution in [2.24, 2.45) is 0 Å². The second-order valence-electron chi connectivity index (χ2n) is 5.67. The number of hydrogen-bond acceptors (Lipinski definition) is 3. The molecule has 0 saturated carbocycles. The van der Waals surface area contributed by atoms with Gasteiger partial charge in [0.2, 0.25) is 0 Å². The standard InChI is InChI=1S/C18H20BrCl2NO2/c1-11(2)22-9-12-6-15(19)18(17(7-12)23-3)24-10-13-4-5-14(20)8-16(13)21/h4-8,11,22H,9-10H2,1-3H3. The summed E-state index contributed by atoms with van der Waals surface area (Å²) in [7, 11) is 1.63. The molecule has 0 spiro atoms. The summed E-state index contributed by atoms with van der Waals surface area (Å²) in [6.07, 6.45) is 0. The Labute approximate surface area is 161 Å². The molecule has 0 bridgehead atoms. The minimum absolute atomic E-state index is 0.328. The quantitative estimate of drug-likeness (QED) is 0.595. The van der Waals surface area contributed by atoms with Crippen LogP contribution in [-0.4, -0.2) is 13.2 Å². The third-order valence-corrected chi connectivity index (χ3v) is 4.57. The van der Waals surface area contributed by atoms with E-state index in [-0.39, 0.29) is 0 Å². The van der Waals surface area contributed by atoms with Gasteiger partial charge in [0.1, 0.15) is 6.61 Å². The zero-order chi connectivity index (χ0) is 17.7. The van der Waals surface area contributed by atoms with Gasteiger partial charge in [0.25, 0.3) is 0 Å². The SMILES string of the molecule is COc1cc(CNC(C)C)cc(Br)c1OCc1ccc(Cl)cc1Cl. The molecule has 0 heterocycles. The molecule has 24 heavy (non-hydrogen) atoms. The van der Waals surface area contributed by atoms with Crippen LogP contribution >= 0.6 is 39.1 Å². The molecule has 0 unspecified atom stereocenters. The molecule has 3 nitrogen and oxygen atoms in total. The molecule has 0 aromatic heterocycles. The highest BCUT2D eigenvalue weighted by Crippen LogP contribution is 2.37. The first-order valence-corrected chi connectivity index (χ1v) is 9.12. The van der Waals surface area contributed by atoms with E-state index in [2.05, 4.69) is 35.1 Å². The maximum absolute atomic E-state index is 6.19. The first kappa shape index (κ1) is 19.4. The van der Waals surface area contributed by atoms with Crippen molar-refractivity contribution in [2.75, 3.05) is 7.11 Å². The highest BCUT2D eigenvalue weighted by atomic mass is 79.9. The van der Waals surface area contributed by atoms with E-state index < -0.39 is 0 Å². The lowest BCUT2D eigenvalue weighted by Crippen LogP contribution is -2.21. The normalized spacial score (nSPS) is 11.0. The van der Waals surface area contributed by atoms with E-state index in [4.69, 9.17) is 32.7 Å². The maximum Gasteiger partial charge on any atom is 0.175 e. The number of ether oxygens (including phenoxy) is 2. The summed E-state index contributed by atoms with van der Waals surface area (Å²) < 4.78 is 12.2. The molecule has 0 amide bonds. The summed E-state index contributed by atoms with van der Waals surface area (Å²) >= 11 is 15.7. The molecule has 0 aliphatic heterocycles. The number of benzene rings is 2. The van der Waals surface area contributed by atoms with Gasteiger partial charge in [-0.1, -0.05) is 43.1 Å². The van der Waals surface area contributed by atoms with Crippen LogP contribution in [0.3, 0.4) is 0 Å².